The summed E-state index contributed by atoms with van der Waals surface area (Å²) in [5, 5.41) is 2.47. The van der Waals surface area contributed by atoms with Gasteiger partial charge in [0.05, 0.1) is 23.9 Å². The van der Waals surface area contributed by atoms with Gasteiger partial charge in [-0.2, -0.15) is 13.2 Å². The largest absolute Gasteiger partial charge is 0.465 e. The lowest BCUT2D eigenvalue weighted by Crippen LogP contribution is -2.27. The molecular weight excluding hydrogens is 399 g/mol. The van der Waals surface area contributed by atoms with Crippen molar-refractivity contribution in [2.75, 3.05) is 12.4 Å². The Morgan fingerprint density at radius 1 is 0.967 bits per heavy atom. The SMILES string of the molecule is COC(=O)c1ccc(/C=C\c2cc(C(F)(F)F)ccc2NC(=O)OC(C)(C)C)cc1. The molecule has 0 aliphatic carbocycles. The van der Waals surface area contributed by atoms with Crippen LogP contribution in [0.2, 0.25) is 0 Å². The molecule has 0 aliphatic rings. The van der Waals surface area contributed by atoms with E-state index in [-0.39, 0.29) is 11.3 Å². The highest BCUT2D eigenvalue weighted by Gasteiger charge is 2.31. The van der Waals surface area contributed by atoms with Gasteiger partial charge in [-0.25, -0.2) is 9.59 Å². The highest BCUT2D eigenvalue weighted by molar-refractivity contribution is 5.91. The number of benzene rings is 2. The van der Waals surface area contributed by atoms with Crippen LogP contribution in [-0.2, 0) is 15.7 Å². The number of carbonyl (C=O) groups is 2. The van der Waals surface area contributed by atoms with Gasteiger partial charge in [-0.3, -0.25) is 5.32 Å². The van der Waals surface area contributed by atoms with E-state index in [0.29, 0.717) is 11.1 Å². The summed E-state index contributed by atoms with van der Waals surface area (Å²) in [6, 6.07) is 9.32. The molecule has 1 N–H and O–H groups in total. The van der Waals surface area contributed by atoms with E-state index >= 15 is 0 Å². The summed E-state index contributed by atoms with van der Waals surface area (Å²) >= 11 is 0. The normalized spacial score (nSPS) is 12.0. The Balaban J connectivity index is 2.33. The van der Waals surface area contributed by atoms with Gasteiger partial charge in [-0.15, -0.1) is 0 Å². The molecule has 0 spiro atoms. The number of nitrogens with one attached hydrogen (secondary N) is 1. The monoisotopic (exact) mass is 421 g/mol. The van der Waals surface area contributed by atoms with Crippen LogP contribution in [0.5, 0.6) is 0 Å². The lowest BCUT2D eigenvalue weighted by Gasteiger charge is -2.20. The van der Waals surface area contributed by atoms with Gasteiger partial charge in [-0.05, 0) is 62.2 Å². The Kier molecular flexibility index (Phi) is 6.92. The van der Waals surface area contributed by atoms with Crippen LogP contribution in [0.1, 0.15) is 47.8 Å². The Hall–Kier alpha value is -3.29. The third-order valence-electron chi connectivity index (χ3n) is 3.80. The van der Waals surface area contributed by atoms with Crippen LogP contribution in [0.25, 0.3) is 12.2 Å². The average molecular weight is 421 g/mol. The van der Waals surface area contributed by atoms with Crippen molar-refractivity contribution >= 4 is 29.9 Å². The number of ether oxygens (including phenoxy) is 2. The Morgan fingerprint density at radius 2 is 1.60 bits per heavy atom. The van der Waals surface area contributed by atoms with Crippen molar-refractivity contribution in [1.29, 1.82) is 0 Å². The van der Waals surface area contributed by atoms with Crippen LogP contribution in [0.15, 0.2) is 42.5 Å². The molecule has 1 amide bonds. The number of hydrogen-bond donors (Lipinski definition) is 1. The topological polar surface area (TPSA) is 64.6 Å². The predicted octanol–water partition coefficient (Wildman–Crippen LogP) is 6.01. The minimum atomic E-state index is -4.53. The van der Waals surface area contributed by atoms with Crippen LogP contribution in [0.4, 0.5) is 23.7 Å². The lowest BCUT2D eigenvalue weighted by atomic mass is 10.1. The minimum Gasteiger partial charge on any atom is -0.465 e. The van der Waals surface area contributed by atoms with Gasteiger partial charge in [0.15, 0.2) is 0 Å². The van der Waals surface area contributed by atoms with E-state index in [1.165, 1.54) is 31.4 Å². The molecule has 160 valence electrons. The minimum absolute atomic E-state index is 0.146. The van der Waals surface area contributed by atoms with Crippen LogP contribution >= 0.6 is 0 Å². The van der Waals surface area contributed by atoms with Crippen LogP contribution in [0, 0.1) is 0 Å². The third-order valence-corrected chi connectivity index (χ3v) is 3.80. The molecular formula is C22H22F3NO4. The van der Waals surface area contributed by atoms with E-state index in [0.717, 1.165) is 12.1 Å². The van der Waals surface area contributed by atoms with Gasteiger partial charge in [0.1, 0.15) is 5.60 Å². The van der Waals surface area contributed by atoms with Crippen LogP contribution < -0.4 is 5.32 Å². The van der Waals surface area contributed by atoms with Crippen molar-refractivity contribution < 1.29 is 32.2 Å². The molecule has 0 aliphatic heterocycles. The third kappa shape index (κ3) is 6.65. The molecule has 0 aromatic heterocycles. The summed E-state index contributed by atoms with van der Waals surface area (Å²) < 4.78 is 49.1. The lowest BCUT2D eigenvalue weighted by molar-refractivity contribution is -0.137. The van der Waals surface area contributed by atoms with Gasteiger partial charge in [-0.1, -0.05) is 24.3 Å². The molecule has 8 heteroatoms. The first-order valence-electron chi connectivity index (χ1n) is 8.97. The number of methoxy groups -OCH3 is 1. The van der Waals surface area contributed by atoms with Gasteiger partial charge in [0, 0.05) is 0 Å². The van der Waals surface area contributed by atoms with E-state index in [9.17, 15) is 22.8 Å². The summed E-state index contributed by atoms with van der Waals surface area (Å²) in [7, 11) is 1.27. The first-order chi connectivity index (χ1) is 13.9. The molecule has 0 radical (unpaired) electrons. The number of rotatable bonds is 4. The summed E-state index contributed by atoms with van der Waals surface area (Å²) in [5.41, 5.74) is -0.303. The second-order valence-corrected chi connectivity index (χ2v) is 7.37. The zero-order valence-electron chi connectivity index (χ0n) is 17.0. The maximum atomic E-state index is 13.1. The highest BCUT2D eigenvalue weighted by Crippen LogP contribution is 2.32. The fourth-order valence-corrected chi connectivity index (χ4v) is 2.44. The van der Waals surface area contributed by atoms with Crippen LogP contribution in [0.3, 0.4) is 0 Å². The van der Waals surface area contributed by atoms with Gasteiger partial charge in [0.2, 0.25) is 0 Å². The summed E-state index contributed by atoms with van der Waals surface area (Å²) in [4.78, 5) is 23.5. The van der Waals surface area contributed by atoms with E-state index in [1.807, 2.05) is 0 Å². The Bertz CT molecular complexity index is 942. The molecule has 2 rings (SSSR count). The fourth-order valence-electron chi connectivity index (χ4n) is 2.44. The number of alkyl halides is 3. The first-order valence-corrected chi connectivity index (χ1v) is 8.97. The van der Waals surface area contributed by atoms with Crippen LogP contribution in [-0.4, -0.2) is 24.8 Å². The number of anilines is 1. The molecule has 0 fully saturated rings. The molecule has 0 heterocycles. The number of hydrogen-bond acceptors (Lipinski definition) is 4. The van der Waals surface area contributed by atoms with E-state index in [2.05, 4.69) is 10.1 Å². The Morgan fingerprint density at radius 3 is 2.13 bits per heavy atom. The summed E-state index contributed by atoms with van der Waals surface area (Å²) in [6.07, 6.45) is -2.31. The molecule has 0 bridgehead atoms. The molecule has 0 saturated carbocycles. The van der Waals surface area contributed by atoms with Crippen molar-refractivity contribution in [1.82, 2.24) is 0 Å². The van der Waals surface area contributed by atoms with E-state index in [1.54, 1.807) is 39.0 Å². The zero-order valence-corrected chi connectivity index (χ0v) is 17.0. The smallest absolute Gasteiger partial charge is 0.416 e. The highest BCUT2D eigenvalue weighted by atomic mass is 19.4. The number of halogens is 3. The van der Waals surface area contributed by atoms with E-state index in [4.69, 9.17) is 4.74 Å². The maximum Gasteiger partial charge on any atom is 0.416 e. The van der Waals surface area contributed by atoms with Crippen molar-refractivity contribution in [2.45, 2.75) is 32.5 Å². The van der Waals surface area contributed by atoms with Crippen molar-refractivity contribution in [3.63, 3.8) is 0 Å². The first kappa shape index (κ1) is 23.0. The second-order valence-electron chi connectivity index (χ2n) is 7.37. The van der Waals surface area contributed by atoms with Crippen molar-refractivity contribution in [2.24, 2.45) is 0 Å². The number of amides is 1. The molecule has 2 aromatic rings. The number of esters is 1. The molecule has 0 unspecified atom stereocenters. The standard InChI is InChI=1S/C22H22F3NO4/c1-21(2,3)30-20(28)26-18-12-11-17(22(23,24)25)13-16(18)10-7-14-5-8-15(9-6-14)19(27)29-4/h5-13H,1-4H3,(H,26,28)/b10-7-. The van der Waals surface area contributed by atoms with Gasteiger partial charge in [0.25, 0.3) is 0 Å². The molecule has 5 nitrogen and oxygen atoms in total. The summed E-state index contributed by atoms with van der Waals surface area (Å²) in [6.45, 7) is 5.04. The van der Waals surface area contributed by atoms with Crippen molar-refractivity contribution in [3.05, 3.63) is 64.7 Å². The number of carbonyl (C=O) groups excluding carboxylic acids is 2. The molecule has 30 heavy (non-hydrogen) atoms. The van der Waals surface area contributed by atoms with Gasteiger partial charge >= 0.3 is 18.2 Å². The predicted molar refractivity (Wildman–Crippen MR) is 108 cm³/mol. The average Bonchev–Trinajstić information content (AvgIpc) is 2.64. The van der Waals surface area contributed by atoms with Gasteiger partial charge < -0.3 is 9.47 Å². The Labute approximate surface area is 172 Å². The maximum absolute atomic E-state index is 13.1. The van der Waals surface area contributed by atoms with E-state index < -0.39 is 29.4 Å². The quantitative estimate of drug-likeness (QED) is 0.485. The molecule has 0 atom stereocenters. The van der Waals surface area contributed by atoms with Crippen molar-refractivity contribution in [3.8, 4) is 0 Å². The summed E-state index contributed by atoms with van der Waals surface area (Å²) in [5.74, 6) is -0.493. The molecule has 2 aromatic carbocycles. The fraction of sp³-hybridized carbons (Fsp3) is 0.273. The second kappa shape index (κ2) is 9.02. The molecule has 0 saturated heterocycles. The zero-order chi connectivity index (χ0) is 22.5.